The highest BCUT2D eigenvalue weighted by Crippen LogP contribution is 2.17. The lowest BCUT2D eigenvalue weighted by Crippen LogP contribution is -2.18. The van der Waals surface area contributed by atoms with E-state index in [-0.39, 0.29) is 11.7 Å². The number of hydrogen-bond acceptors (Lipinski definition) is 4. The molecule has 0 aliphatic carbocycles. The fraction of sp³-hybridized carbons (Fsp3) is 0.357. The van der Waals surface area contributed by atoms with Crippen LogP contribution in [0.25, 0.3) is 0 Å². The van der Waals surface area contributed by atoms with Crippen LogP contribution in [0.1, 0.15) is 29.8 Å². The summed E-state index contributed by atoms with van der Waals surface area (Å²) in [7, 11) is 1.92. The molecule has 1 heterocycles. The molecule has 1 N–H and O–H groups in total. The van der Waals surface area contributed by atoms with Crippen LogP contribution in [0, 0.1) is 17.0 Å². The second-order valence-corrected chi connectivity index (χ2v) is 4.84. The molecule has 1 aromatic heterocycles. The van der Waals surface area contributed by atoms with Gasteiger partial charge in [-0.05, 0) is 19.4 Å². The van der Waals surface area contributed by atoms with E-state index >= 15 is 0 Å². The SMILES string of the molecule is Cc1c(C(C)NCc2ccc([N+](=O)[O-])cc2)cnn1C. The summed E-state index contributed by atoms with van der Waals surface area (Å²) in [5.41, 5.74) is 3.43. The maximum absolute atomic E-state index is 10.6. The van der Waals surface area contributed by atoms with Gasteiger partial charge in [-0.1, -0.05) is 12.1 Å². The van der Waals surface area contributed by atoms with E-state index in [0.717, 1.165) is 16.8 Å². The van der Waals surface area contributed by atoms with Crippen LogP contribution < -0.4 is 5.32 Å². The van der Waals surface area contributed by atoms with Crippen molar-refractivity contribution in [2.24, 2.45) is 7.05 Å². The molecule has 1 unspecified atom stereocenters. The van der Waals surface area contributed by atoms with E-state index in [0.29, 0.717) is 6.54 Å². The highest BCUT2D eigenvalue weighted by Gasteiger charge is 2.11. The van der Waals surface area contributed by atoms with E-state index in [2.05, 4.69) is 17.3 Å². The molecule has 0 aliphatic rings. The van der Waals surface area contributed by atoms with Crippen molar-refractivity contribution >= 4 is 5.69 Å². The summed E-state index contributed by atoms with van der Waals surface area (Å²) >= 11 is 0. The Morgan fingerprint density at radius 1 is 1.40 bits per heavy atom. The first-order valence-electron chi connectivity index (χ1n) is 6.44. The third-order valence-corrected chi connectivity index (χ3v) is 3.50. The van der Waals surface area contributed by atoms with Crippen molar-refractivity contribution in [3.63, 3.8) is 0 Å². The van der Waals surface area contributed by atoms with Crippen molar-refractivity contribution in [3.8, 4) is 0 Å². The lowest BCUT2D eigenvalue weighted by Gasteiger charge is -2.13. The molecule has 0 aliphatic heterocycles. The Labute approximate surface area is 117 Å². The van der Waals surface area contributed by atoms with Crippen LogP contribution in [0.2, 0.25) is 0 Å². The first-order chi connectivity index (χ1) is 9.49. The molecule has 0 fully saturated rings. The molecule has 20 heavy (non-hydrogen) atoms. The van der Waals surface area contributed by atoms with Crippen LogP contribution in [0.3, 0.4) is 0 Å². The van der Waals surface area contributed by atoms with Gasteiger partial charge in [-0.3, -0.25) is 14.8 Å². The first kappa shape index (κ1) is 14.2. The number of nitro benzene ring substituents is 1. The van der Waals surface area contributed by atoms with Gasteiger partial charge >= 0.3 is 0 Å². The van der Waals surface area contributed by atoms with Crippen molar-refractivity contribution in [1.29, 1.82) is 0 Å². The smallest absolute Gasteiger partial charge is 0.269 e. The second-order valence-electron chi connectivity index (χ2n) is 4.84. The Bertz CT molecular complexity index is 604. The second kappa shape index (κ2) is 5.83. The number of aromatic nitrogens is 2. The van der Waals surface area contributed by atoms with E-state index in [1.165, 1.54) is 12.1 Å². The third kappa shape index (κ3) is 3.03. The highest BCUT2D eigenvalue weighted by atomic mass is 16.6. The number of nitro groups is 1. The van der Waals surface area contributed by atoms with E-state index in [9.17, 15) is 10.1 Å². The minimum Gasteiger partial charge on any atom is -0.306 e. The van der Waals surface area contributed by atoms with Crippen LogP contribution in [0.4, 0.5) is 5.69 Å². The average Bonchev–Trinajstić information content (AvgIpc) is 2.77. The molecular weight excluding hydrogens is 256 g/mol. The zero-order valence-corrected chi connectivity index (χ0v) is 11.8. The molecule has 2 aromatic rings. The quantitative estimate of drug-likeness (QED) is 0.671. The molecule has 0 radical (unpaired) electrons. The monoisotopic (exact) mass is 274 g/mol. The number of nitrogens with zero attached hydrogens (tertiary/aromatic N) is 3. The van der Waals surface area contributed by atoms with E-state index in [4.69, 9.17) is 0 Å². The number of nitrogens with one attached hydrogen (secondary N) is 1. The number of non-ortho nitro benzene ring substituents is 1. The molecule has 6 nitrogen and oxygen atoms in total. The minimum atomic E-state index is -0.390. The van der Waals surface area contributed by atoms with Gasteiger partial charge in [0.2, 0.25) is 0 Å². The highest BCUT2D eigenvalue weighted by molar-refractivity contribution is 5.33. The summed E-state index contributed by atoms with van der Waals surface area (Å²) < 4.78 is 1.85. The molecule has 1 aromatic carbocycles. The molecule has 0 amide bonds. The number of aryl methyl sites for hydroxylation is 1. The van der Waals surface area contributed by atoms with Gasteiger partial charge in [-0.25, -0.2) is 0 Å². The van der Waals surface area contributed by atoms with Gasteiger partial charge in [0.1, 0.15) is 0 Å². The van der Waals surface area contributed by atoms with Gasteiger partial charge in [0, 0.05) is 43.0 Å². The van der Waals surface area contributed by atoms with Crippen molar-refractivity contribution in [2.75, 3.05) is 0 Å². The molecule has 0 saturated heterocycles. The Kier molecular flexibility index (Phi) is 4.14. The Morgan fingerprint density at radius 3 is 2.55 bits per heavy atom. The summed E-state index contributed by atoms with van der Waals surface area (Å²) in [5.74, 6) is 0. The third-order valence-electron chi connectivity index (χ3n) is 3.50. The summed E-state index contributed by atoms with van der Waals surface area (Å²) in [6.07, 6.45) is 1.86. The van der Waals surface area contributed by atoms with Gasteiger partial charge in [-0.15, -0.1) is 0 Å². The van der Waals surface area contributed by atoms with Crippen molar-refractivity contribution in [1.82, 2.24) is 15.1 Å². The lowest BCUT2D eigenvalue weighted by atomic mass is 10.1. The fourth-order valence-electron chi connectivity index (χ4n) is 2.06. The predicted molar refractivity (Wildman–Crippen MR) is 76.3 cm³/mol. The molecule has 1 atom stereocenters. The molecule has 6 heteroatoms. The summed E-state index contributed by atoms with van der Waals surface area (Å²) in [5, 5.41) is 18.2. The van der Waals surface area contributed by atoms with Crippen molar-refractivity contribution in [2.45, 2.75) is 26.4 Å². The van der Waals surface area contributed by atoms with Gasteiger partial charge in [0.25, 0.3) is 5.69 Å². The first-order valence-corrected chi connectivity index (χ1v) is 6.44. The molecule has 0 bridgehead atoms. The summed E-state index contributed by atoms with van der Waals surface area (Å²) in [4.78, 5) is 10.2. The fourth-order valence-corrected chi connectivity index (χ4v) is 2.06. The van der Waals surface area contributed by atoms with Crippen molar-refractivity contribution < 1.29 is 4.92 Å². The molecule has 2 rings (SSSR count). The number of hydrogen-bond donors (Lipinski definition) is 1. The van der Waals surface area contributed by atoms with Crippen molar-refractivity contribution in [3.05, 3.63) is 57.4 Å². The number of rotatable bonds is 5. The Morgan fingerprint density at radius 2 is 2.05 bits per heavy atom. The average molecular weight is 274 g/mol. The molecule has 106 valence electrons. The largest absolute Gasteiger partial charge is 0.306 e. The lowest BCUT2D eigenvalue weighted by molar-refractivity contribution is -0.384. The van der Waals surface area contributed by atoms with Crippen LogP contribution in [0.5, 0.6) is 0 Å². The van der Waals surface area contributed by atoms with Gasteiger partial charge in [0.15, 0.2) is 0 Å². The summed E-state index contributed by atoms with van der Waals surface area (Å²) in [6, 6.07) is 6.77. The van der Waals surface area contributed by atoms with Crippen LogP contribution in [-0.2, 0) is 13.6 Å². The number of benzene rings is 1. The van der Waals surface area contributed by atoms with Gasteiger partial charge < -0.3 is 5.32 Å². The standard InChI is InChI=1S/C14H18N4O2/c1-10(14-9-16-17(3)11(14)2)15-8-12-4-6-13(7-5-12)18(19)20/h4-7,9-10,15H,8H2,1-3H3. The van der Waals surface area contributed by atoms with Crippen LogP contribution in [-0.4, -0.2) is 14.7 Å². The van der Waals surface area contributed by atoms with E-state index < -0.39 is 4.92 Å². The zero-order chi connectivity index (χ0) is 14.7. The minimum absolute atomic E-state index is 0.116. The zero-order valence-electron chi connectivity index (χ0n) is 11.8. The normalized spacial score (nSPS) is 12.3. The Balaban J connectivity index is 1.98. The molecule has 0 spiro atoms. The Hall–Kier alpha value is -2.21. The van der Waals surface area contributed by atoms with Gasteiger partial charge in [-0.2, -0.15) is 5.10 Å². The maximum atomic E-state index is 10.6. The van der Waals surface area contributed by atoms with Crippen LogP contribution in [0.15, 0.2) is 30.5 Å². The predicted octanol–water partition coefficient (Wildman–Crippen LogP) is 2.49. The van der Waals surface area contributed by atoms with E-state index in [1.807, 2.05) is 24.9 Å². The summed E-state index contributed by atoms with van der Waals surface area (Å²) in [6.45, 7) is 4.77. The van der Waals surface area contributed by atoms with E-state index in [1.54, 1.807) is 12.1 Å². The van der Waals surface area contributed by atoms with Gasteiger partial charge in [0.05, 0.1) is 11.1 Å². The topological polar surface area (TPSA) is 73.0 Å². The molecule has 0 saturated carbocycles. The molecular formula is C14H18N4O2. The van der Waals surface area contributed by atoms with Crippen LogP contribution >= 0.6 is 0 Å². The maximum Gasteiger partial charge on any atom is 0.269 e.